The second-order valence-electron chi connectivity index (χ2n) is 5.09. The van der Waals surface area contributed by atoms with E-state index in [9.17, 15) is 0 Å². The molecule has 2 aromatic carbocycles. The van der Waals surface area contributed by atoms with Crippen LogP contribution in [0.15, 0.2) is 48.5 Å². The monoisotopic (exact) mass is 291 g/mol. The molecule has 22 heavy (non-hydrogen) atoms. The Bertz CT molecular complexity index is 751. The van der Waals surface area contributed by atoms with E-state index in [-0.39, 0.29) is 0 Å². The highest BCUT2D eigenvalue weighted by Gasteiger charge is 2.04. The molecule has 0 radical (unpaired) electrons. The van der Waals surface area contributed by atoms with Gasteiger partial charge in [-0.15, -0.1) is 0 Å². The third-order valence-corrected chi connectivity index (χ3v) is 3.47. The molecule has 0 bridgehead atoms. The van der Waals surface area contributed by atoms with Crippen LogP contribution in [0.1, 0.15) is 19.3 Å². The number of nitrogens with zero attached hydrogens (tertiary/aromatic N) is 2. The number of aromatic nitrogens is 2. The minimum absolute atomic E-state index is 0.592. The molecule has 1 heterocycles. The number of aromatic amines is 1. The molecule has 0 aliphatic heterocycles. The summed E-state index contributed by atoms with van der Waals surface area (Å²) in [4.78, 5) is 7.90. The van der Waals surface area contributed by atoms with Gasteiger partial charge in [0.15, 0.2) is 0 Å². The first-order valence-electron chi connectivity index (χ1n) is 7.42. The molecule has 0 unspecified atom stereocenters. The zero-order valence-corrected chi connectivity index (χ0v) is 12.2. The fraction of sp³-hybridized carbons (Fsp3) is 0.222. The Balaban J connectivity index is 1.65. The molecule has 0 aliphatic rings. The number of nitriles is 1. The van der Waals surface area contributed by atoms with Crippen molar-refractivity contribution in [3.8, 4) is 23.2 Å². The van der Waals surface area contributed by atoms with E-state index >= 15 is 0 Å². The third-order valence-electron chi connectivity index (χ3n) is 3.47. The molecular formula is C18H17N3O. The van der Waals surface area contributed by atoms with Gasteiger partial charge in [-0.3, -0.25) is 0 Å². The van der Waals surface area contributed by atoms with E-state index in [1.54, 1.807) is 0 Å². The predicted octanol–water partition coefficient (Wildman–Crippen LogP) is 4.30. The molecule has 0 saturated heterocycles. The van der Waals surface area contributed by atoms with Crippen molar-refractivity contribution in [2.75, 3.05) is 6.61 Å². The Morgan fingerprint density at radius 2 is 1.86 bits per heavy atom. The fourth-order valence-electron chi connectivity index (χ4n) is 2.29. The minimum Gasteiger partial charge on any atom is -0.494 e. The van der Waals surface area contributed by atoms with Crippen LogP contribution in [0.5, 0.6) is 5.75 Å². The summed E-state index contributed by atoms with van der Waals surface area (Å²) < 4.78 is 5.66. The van der Waals surface area contributed by atoms with Crippen molar-refractivity contribution >= 4 is 11.0 Å². The third kappa shape index (κ3) is 3.26. The second-order valence-corrected chi connectivity index (χ2v) is 5.09. The summed E-state index contributed by atoms with van der Waals surface area (Å²) in [6.45, 7) is 0.645. The number of para-hydroxylation sites is 2. The average molecular weight is 291 g/mol. The fourth-order valence-corrected chi connectivity index (χ4v) is 2.29. The van der Waals surface area contributed by atoms with Crippen molar-refractivity contribution in [1.29, 1.82) is 5.26 Å². The number of rotatable bonds is 6. The van der Waals surface area contributed by atoms with Gasteiger partial charge in [-0.1, -0.05) is 12.1 Å². The van der Waals surface area contributed by atoms with E-state index in [0.29, 0.717) is 13.0 Å². The van der Waals surface area contributed by atoms with Crippen LogP contribution >= 0.6 is 0 Å². The van der Waals surface area contributed by atoms with Gasteiger partial charge >= 0.3 is 0 Å². The first kappa shape index (κ1) is 14.2. The Kier molecular flexibility index (Phi) is 4.35. The van der Waals surface area contributed by atoms with Crippen molar-refractivity contribution in [2.24, 2.45) is 0 Å². The van der Waals surface area contributed by atoms with E-state index < -0.39 is 0 Å². The van der Waals surface area contributed by atoms with Crippen LogP contribution in [0.25, 0.3) is 22.4 Å². The first-order valence-corrected chi connectivity index (χ1v) is 7.42. The van der Waals surface area contributed by atoms with Gasteiger partial charge in [-0.05, 0) is 49.2 Å². The number of hydrogen-bond acceptors (Lipinski definition) is 3. The number of imidazole rings is 1. The Morgan fingerprint density at radius 1 is 1.05 bits per heavy atom. The zero-order chi connectivity index (χ0) is 15.2. The average Bonchev–Trinajstić information content (AvgIpc) is 2.99. The molecule has 1 N–H and O–H groups in total. The molecule has 0 atom stereocenters. The maximum atomic E-state index is 8.47. The lowest BCUT2D eigenvalue weighted by Crippen LogP contribution is -1.96. The van der Waals surface area contributed by atoms with Gasteiger partial charge in [0.2, 0.25) is 0 Å². The standard InChI is InChI=1S/C18H17N3O/c19-12-4-1-5-13-22-15-10-8-14(9-11-15)18-20-16-6-2-3-7-17(16)21-18/h2-3,6-11H,1,4-5,13H2,(H,20,21). The van der Waals surface area contributed by atoms with Crippen LogP contribution in [0.2, 0.25) is 0 Å². The SMILES string of the molecule is N#CCCCCOc1ccc(-c2nc3ccccc3[nH]2)cc1. The highest BCUT2D eigenvalue weighted by Crippen LogP contribution is 2.22. The van der Waals surface area contributed by atoms with Gasteiger partial charge in [0.05, 0.1) is 23.7 Å². The first-order chi connectivity index (χ1) is 10.9. The minimum atomic E-state index is 0.592. The molecule has 0 spiro atoms. The maximum Gasteiger partial charge on any atom is 0.138 e. The number of unbranched alkanes of at least 4 members (excludes halogenated alkanes) is 2. The summed E-state index contributed by atoms with van der Waals surface area (Å²) in [7, 11) is 0. The summed E-state index contributed by atoms with van der Waals surface area (Å²) in [5.41, 5.74) is 3.04. The van der Waals surface area contributed by atoms with Crippen molar-refractivity contribution in [3.63, 3.8) is 0 Å². The van der Waals surface area contributed by atoms with Crippen LogP contribution < -0.4 is 4.74 Å². The van der Waals surface area contributed by atoms with Crippen molar-refractivity contribution in [3.05, 3.63) is 48.5 Å². The highest BCUT2D eigenvalue weighted by molar-refractivity contribution is 5.79. The molecule has 0 amide bonds. The van der Waals surface area contributed by atoms with E-state index in [1.165, 1.54) is 0 Å². The van der Waals surface area contributed by atoms with Crippen LogP contribution in [-0.2, 0) is 0 Å². The Morgan fingerprint density at radius 3 is 2.64 bits per heavy atom. The molecular weight excluding hydrogens is 274 g/mol. The smallest absolute Gasteiger partial charge is 0.138 e. The van der Waals surface area contributed by atoms with Crippen molar-refractivity contribution in [1.82, 2.24) is 9.97 Å². The molecule has 0 aliphatic carbocycles. The highest BCUT2D eigenvalue weighted by atomic mass is 16.5. The van der Waals surface area contributed by atoms with Gasteiger partial charge in [-0.2, -0.15) is 5.26 Å². The number of nitrogens with one attached hydrogen (secondary N) is 1. The normalized spacial score (nSPS) is 10.5. The van der Waals surface area contributed by atoms with Gasteiger partial charge in [0, 0.05) is 12.0 Å². The number of fused-ring (bicyclic) bond motifs is 1. The lowest BCUT2D eigenvalue weighted by atomic mass is 10.2. The van der Waals surface area contributed by atoms with E-state index in [1.807, 2.05) is 48.5 Å². The molecule has 3 rings (SSSR count). The number of ether oxygens (including phenoxy) is 1. The lowest BCUT2D eigenvalue weighted by Gasteiger charge is -2.05. The second kappa shape index (κ2) is 6.77. The summed E-state index contributed by atoms with van der Waals surface area (Å²) in [6, 6.07) is 18.0. The van der Waals surface area contributed by atoms with E-state index in [2.05, 4.69) is 16.0 Å². The summed E-state index contributed by atoms with van der Waals surface area (Å²) in [5, 5.41) is 8.47. The molecule has 0 fully saturated rings. The van der Waals surface area contributed by atoms with Gasteiger partial charge in [0.25, 0.3) is 0 Å². The van der Waals surface area contributed by atoms with E-state index in [4.69, 9.17) is 10.00 Å². The number of hydrogen-bond donors (Lipinski definition) is 1. The molecule has 4 heteroatoms. The lowest BCUT2D eigenvalue weighted by molar-refractivity contribution is 0.307. The molecule has 4 nitrogen and oxygen atoms in total. The Hall–Kier alpha value is -2.80. The Labute approximate surface area is 129 Å². The van der Waals surface area contributed by atoms with Crippen LogP contribution in [0.3, 0.4) is 0 Å². The van der Waals surface area contributed by atoms with Crippen LogP contribution in [0.4, 0.5) is 0 Å². The molecule has 3 aromatic rings. The van der Waals surface area contributed by atoms with Crippen molar-refractivity contribution < 1.29 is 4.74 Å². The van der Waals surface area contributed by atoms with Gasteiger partial charge in [0.1, 0.15) is 11.6 Å². The molecule has 1 aromatic heterocycles. The van der Waals surface area contributed by atoms with Crippen LogP contribution in [0, 0.1) is 11.3 Å². The van der Waals surface area contributed by atoms with Crippen molar-refractivity contribution in [2.45, 2.75) is 19.3 Å². The predicted molar refractivity (Wildman–Crippen MR) is 86.5 cm³/mol. The van der Waals surface area contributed by atoms with Gasteiger partial charge < -0.3 is 9.72 Å². The maximum absolute atomic E-state index is 8.47. The number of H-pyrrole nitrogens is 1. The largest absolute Gasteiger partial charge is 0.494 e. The number of benzene rings is 2. The quantitative estimate of drug-likeness (QED) is 0.689. The summed E-state index contributed by atoms with van der Waals surface area (Å²) >= 11 is 0. The summed E-state index contributed by atoms with van der Waals surface area (Å²) in [6.07, 6.45) is 2.38. The molecule has 110 valence electrons. The van der Waals surface area contributed by atoms with Crippen LogP contribution in [-0.4, -0.2) is 16.6 Å². The van der Waals surface area contributed by atoms with E-state index in [0.717, 1.165) is 41.0 Å². The topological polar surface area (TPSA) is 61.7 Å². The molecule has 0 saturated carbocycles. The van der Waals surface area contributed by atoms with Gasteiger partial charge in [-0.25, -0.2) is 4.98 Å². The summed E-state index contributed by atoms with van der Waals surface area (Å²) in [5.74, 6) is 1.71. The zero-order valence-electron chi connectivity index (χ0n) is 12.2.